The Morgan fingerprint density at radius 2 is 2.10 bits per heavy atom. The number of fused-ring (bicyclic) bond motifs is 1. The smallest absolute Gasteiger partial charge is 0.245 e. The lowest BCUT2D eigenvalue weighted by Gasteiger charge is -2.24. The van der Waals surface area contributed by atoms with E-state index < -0.39 is 6.04 Å². The summed E-state index contributed by atoms with van der Waals surface area (Å²) in [5.41, 5.74) is 6.90. The monoisotopic (exact) mass is 292 g/mol. The number of nitrogens with zero attached hydrogens (tertiary/aromatic N) is 5. The summed E-state index contributed by atoms with van der Waals surface area (Å²) in [6.07, 6.45) is 1.37. The average molecular weight is 292 g/mol. The molecule has 8 heteroatoms. The number of carbonyl (C=O) groups excluding carboxylic acids is 1. The second-order valence-electron chi connectivity index (χ2n) is 4.58. The second-order valence-corrected chi connectivity index (χ2v) is 4.58. The maximum atomic E-state index is 12.5. The SMILES string of the molecule is CCN(CC)C(=O)C(C)n1c(N)nc2c(OC)ncnc21. The van der Waals surface area contributed by atoms with Crippen molar-refractivity contribution >= 4 is 23.0 Å². The van der Waals surface area contributed by atoms with Gasteiger partial charge in [0.25, 0.3) is 0 Å². The summed E-state index contributed by atoms with van der Waals surface area (Å²) in [6, 6.07) is -0.491. The predicted molar refractivity (Wildman–Crippen MR) is 78.9 cm³/mol. The standard InChI is InChI=1S/C13H20N6O2/c1-5-18(6-2)12(20)8(3)19-10-9(17-13(19)14)11(21-4)16-7-15-10/h7-8H,5-6H2,1-4H3,(H2,14,17). The number of ether oxygens (including phenoxy) is 1. The molecule has 0 aliphatic carbocycles. The van der Waals surface area contributed by atoms with Crippen LogP contribution < -0.4 is 10.5 Å². The summed E-state index contributed by atoms with van der Waals surface area (Å²) in [6.45, 7) is 6.95. The highest BCUT2D eigenvalue weighted by atomic mass is 16.5. The van der Waals surface area contributed by atoms with Crippen LogP contribution in [0.5, 0.6) is 5.88 Å². The lowest BCUT2D eigenvalue weighted by Crippen LogP contribution is -2.36. The molecule has 21 heavy (non-hydrogen) atoms. The van der Waals surface area contributed by atoms with E-state index in [-0.39, 0.29) is 11.9 Å². The zero-order valence-electron chi connectivity index (χ0n) is 12.7. The summed E-state index contributed by atoms with van der Waals surface area (Å²) in [5, 5.41) is 0. The lowest BCUT2D eigenvalue weighted by atomic mass is 10.2. The van der Waals surface area contributed by atoms with E-state index in [9.17, 15) is 4.79 Å². The molecule has 0 bridgehead atoms. The molecular weight excluding hydrogens is 272 g/mol. The van der Waals surface area contributed by atoms with Crippen LogP contribution in [-0.2, 0) is 4.79 Å². The molecule has 0 aromatic carbocycles. The van der Waals surface area contributed by atoms with Crippen LogP contribution in [0.3, 0.4) is 0 Å². The first kappa shape index (κ1) is 15.0. The van der Waals surface area contributed by atoms with E-state index in [0.717, 1.165) is 0 Å². The number of rotatable bonds is 5. The van der Waals surface area contributed by atoms with E-state index >= 15 is 0 Å². The van der Waals surface area contributed by atoms with E-state index in [2.05, 4.69) is 15.0 Å². The maximum Gasteiger partial charge on any atom is 0.245 e. The number of amides is 1. The Kier molecular flexibility index (Phi) is 4.25. The molecule has 0 aliphatic heterocycles. The first-order valence-corrected chi connectivity index (χ1v) is 6.86. The molecular formula is C13H20N6O2. The molecule has 0 saturated heterocycles. The molecule has 2 aromatic heterocycles. The van der Waals surface area contributed by atoms with Gasteiger partial charge in [0.15, 0.2) is 11.2 Å². The molecule has 0 radical (unpaired) electrons. The number of nitrogens with two attached hydrogens (primary N) is 1. The summed E-state index contributed by atoms with van der Waals surface area (Å²) in [7, 11) is 1.50. The van der Waals surface area contributed by atoms with Crippen molar-refractivity contribution in [1.29, 1.82) is 0 Å². The van der Waals surface area contributed by atoms with E-state index in [0.29, 0.717) is 30.1 Å². The molecule has 2 aromatic rings. The summed E-state index contributed by atoms with van der Waals surface area (Å²) in [5.74, 6) is 0.535. The predicted octanol–water partition coefficient (Wildman–Crippen LogP) is 0.846. The Bertz CT molecular complexity index is 649. The first-order chi connectivity index (χ1) is 10.0. The van der Waals surface area contributed by atoms with Crippen LogP contribution >= 0.6 is 0 Å². The minimum absolute atomic E-state index is 0.0245. The van der Waals surface area contributed by atoms with Gasteiger partial charge in [-0.2, -0.15) is 4.98 Å². The van der Waals surface area contributed by atoms with Crippen molar-refractivity contribution in [2.75, 3.05) is 25.9 Å². The molecule has 8 nitrogen and oxygen atoms in total. The van der Waals surface area contributed by atoms with Gasteiger partial charge in [-0.3, -0.25) is 9.36 Å². The van der Waals surface area contributed by atoms with Gasteiger partial charge in [0.05, 0.1) is 7.11 Å². The molecule has 1 atom stereocenters. The number of anilines is 1. The van der Waals surface area contributed by atoms with Crippen LogP contribution in [0.1, 0.15) is 26.8 Å². The number of carbonyl (C=O) groups is 1. The third-order valence-corrected chi connectivity index (χ3v) is 3.48. The molecule has 2 N–H and O–H groups in total. The molecule has 1 amide bonds. The zero-order valence-corrected chi connectivity index (χ0v) is 12.7. The molecule has 114 valence electrons. The minimum atomic E-state index is -0.491. The number of imidazole rings is 1. The van der Waals surface area contributed by atoms with Gasteiger partial charge in [-0.15, -0.1) is 0 Å². The van der Waals surface area contributed by atoms with Gasteiger partial charge in [0.1, 0.15) is 12.4 Å². The Morgan fingerprint density at radius 3 is 2.67 bits per heavy atom. The average Bonchev–Trinajstić information content (AvgIpc) is 2.83. The summed E-state index contributed by atoms with van der Waals surface area (Å²) >= 11 is 0. The highest BCUT2D eigenvalue weighted by molar-refractivity contribution is 5.85. The molecule has 1 unspecified atom stereocenters. The van der Waals surface area contributed by atoms with Crippen LogP contribution in [0.25, 0.3) is 11.2 Å². The van der Waals surface area contributed by atoms with Gasteiger partial charge in [-0.05, 0) is 20.8 Å². The number of hydrogen-bond acceptors (Lipinski definition) is 6. The van der Waals surface area contributed by atoms with Crippen molar-refractivity contribution in [2.24, 2.45) is 0 Å². The number of hydrogen-bond donors (Lipinski definition) is 1. The lowest BCUT2D eigenvalue weighted by molar-refractivity contribution is -0.133. The Morgan fingerprint density at radius 1 is 1.43 bits per heavy atom. The first-order valence-electron chi connectivity index (χ1n) is 6.86. The van der Waals surface area contributed by atoms with Crippen LogP contribution in [0.2, 0.25) is 0 Å². The zero-order chi connectivity index (χ0) is 15.6. The molecule has 0 spiro atoms. The minimum Gasteiger partial charge on any atom is -0.479 e. The third kappa shape index (κ3) is 2.48. The Hall–Kier alpha value is -2.38. The van der Waals surface area contributed by atoms with Crippen molar-refractivity contribution in [3.8, 4) is 5.88 Å². The van der Waals surface area contributed by atoms with Crippen molar-refractivity contribution in [2.45, 2.75) is 26.8 Å². The fourth-order valence-corrected chi connectivity index (χ4v) is 2.35. The van der Waals surface area contributed by atoms with Crippen LogP contribution in [0.15, 0.2) is 6.33 Å². The number of aromatic nitrogens is 4. The quantitative estimate of drug-likeness (QED) is 0.877. The molecule has 0 fully saturated rings. The molecule has 2 rings (SSSR count). The largest absolute Gasteiger partial charge is 0.479 e. The van der Waals surface area contributed by atoms with Crippen molar-refractivity contribution in [3.63, 3.8) is 0 Å². The highest BCUT2D eigenvalue weighted by Crippen LogP contribution is 2.26. The molecule has 0 saturated carbocycles. The van der Waals surface area contributed by atoms with E-state index in [4.69, 9.17) is 10.5 Å². The van der Waals surface area contributed by atoms with Gasteiger partial charge in [-0.25, -0.2) is 9.97 Å². The van der Waals surface area contributed by atoms with Crippen molar-refractivity contribution in [1.82, 2.24) is 24.4 Å². The third-order valence-electron chi connectivity index (χ3n) is 3.48. The summed E-state index contributed by atoms with van der Waals surface area (Å²) in [4.78, 5) is 26.6. The van der Waals surface area contributed by atoms with Crippen molar-refractivity contribution < 1.29 is 9.53 Å². The fourth-order valence-electron chi connectivity index (χ4n) is 2.35. The van der Waals surface area contributed by atoms with Gasteiger partial charge in [0.2, 0.25) is 17.7 Å². The Balaban J connectivity index is 2.51. The van der Waals surface area contributed by atoms with Crippen molar-refractivity contribution in [3.05, 3.63) is 6.33 Å². The van der Waals surface area contributed by atoms with Crippen LogP contribution in [0, 0.1) is 0 Å². The van der Waals surface area contributed by atoms with E-state index in [1.807, 2.05) is 13.8 Å². The number of nitrogen functional groups attached to an aromatic ring is 1. The van der Waals surface area contributed by atoms with Gasteiger partial charge >= 0.3 is 0 Å². The topological polar surface area (TPSA) is 99.2 Å². The van der Waals surface area contributed by atoms with Crippen LogP contribution in [0.4, 0.5) is 5.95 Å². The summed E-state index contributed by atoms with van der Waals surface area (Å²) < 4.78 is 6.76. The van der Waals surface area contributed by atoms with Gasteiger partial charge in [0, 0.05) is 13.1 Å². The number of methoxy groups -OCH3 is 1. The van der Waals surface area contributed by atoms with Crippen LogP contribution in [-0.4, -0.2) is 50.5 Å². The molecule has 2 heterocycles. The van der Waals surface area contributed by atoms with Gasteiger partial charge in [-0.1, -0.05) is 0 Å². The highest BCUT2D eigenvalue weighted by Gasteiger charge is 2.25. The number of likely N-dealkylation sites (N-methyl/N-ethyl adjacent to an activating group) is 1. The maximum absolute atomic E-state index is 12.5. The fraction of sp³-hybridized carbons (Fsp3) is 0.538. The molecule has 0 aliphatic rings. The Labute approximate surface area is 122 Å². The normalized spacial score (nSPS) is 12.4. The van der Waals surface area contributed by atoms with Gasteiger partial charge < -0.3 is 15.4 Å². The van der Waals surface area contributed by atoms with E-state index in [1.54, 1.807) is 16.4 Å². The second kappa shape index (κ2) is 5.94. The van der Waals surface area contributed by atoms with E-state index in [1.165, 1.54) is 13.4 Å².